The van der Waals surface area contributed by atoms with E-state index in [1.165, 1.54) is 0 Å². The maximum absolute atomic E-state index is 10.3. The lowest BCUT2D eigenvalue weighted by Gasteiger charge is -2.26. The van der Waals surface area contributed by atoms with Crippen molar-refractivity contribution in [2.24, 2.45) is 5.92 Å². The lowest BCUT2D eigenvalue weighted by atomic mass is 9.90. The first-order chi connectivity index (χ1) is 6.97. The van der Waals surface area contributed by atoms with Gasteiger partial charge in [-0.15, -0.1) is 0 Å². The lowest BCUT2D eigenvalue weighted by Crippen LogP contribution is -2.25. The molecule has 15 heavy (non-hydrogen) atoms. The summed E-state index contributed by atoms with van der Waals surface area (Å²) in [6.07, 6.45) is 2.34. The molecular weight excluding hydrogens is 190 g/mol. The summed E-state index contributed by atoms with van der Waals surface area (Å²) >= 11 is 0. The fraction of sp³-hybridized carbons (Fsp3) is 0.583. The molecule has 1 unspecified atom stereocenters. The number of hydrogen-bond donors (Lipinski definition) is 1. The van der Waals surface area contributed by atoms with Gasteiger partial charge >= 0.3 is 0 Å². The van der Waals surface area contributed by atoms with E-state index in [1.54, 1.807) is 26.3 Å². The van der Waals surface area contributed by atoms with Crippen molar-refractivity contribution in [1.82, 2.24) is 4.98 Å². The van der Waals surface area contributed by atoms with Crippen molar-refractivity contribution < 1.29 is 9.84 Å². The predicted molar refractivity (Wildman–Crippen MR) is 59.8 cm³/mol. The van der Waals surface area contributed by atoms with E-state index in [0.29, 0.717) is 23.8 Å². The minimum absolute atomic E-state index is 0.409. The summed E-state index contributed by atoms with van der Waals surface area (Å²) in [6, 6.07) is 3.62. The molecule has 0 aromatic carbocycles. The first-order valence-electron chi connectivity index (χ1n) is 5.19. The summed E-state index contributed by atoms with van der Waals surface area (Å²) < 4.78 is 5.19. The van der Waals surface area contributed by atoms with Gasteiger partial charge in [-0.05, 0) is 31.4 Å². The van der Waals surface area contributed by atoms with E-state index in [4.69, 9.17) is 4.74 Å². The molecule has 3 heteroatoms. The van der Waals surface area contributed by atoms with Crippen LogP contribution in [0.4, 0.5) is 0 Å². The molecule has 1 aromatic rings. The number of pyridine rings is 1. The zero-order chi connectivity index (χ0) is 11.5. The van der Waals surface area contributed by atoms with E-state index in [1.807, 2.05) is 6.07 Å². The molecule has 0 saturated heterocycles. The molecule has 1 aromatic heterocycles. The highest BCUT2D eigenvalue weighted by atomic mass is 16.5. The smallest absolute Gasteiger partial charge is 0.143 e. The normalized spacial score (nSPS) is 15.1. The third-order valence-electron chi connectivity index (χ3n) is 2.31. The molecule has 1 atom stereocenters. The van der Waals surface area contributed by atoms with Gasteiger partial charge in [-0.3, -0.25) is 4.98 Å². The molecule has 3 nitrogen and oxygen atoms in total. The third-order valence-corrected chi connectivity index (χ3v) is 2.31. The van der Waals surface area contributed by atoms with Gasteiger partial charge in [0.05, 0.1) is 7.11 Å². The van der Waals surface area contributed by atoms with Gasteiger partial charge in [0.25, 0.3) is 0 Å². The van der Waals surface area contributed by atoms with E-state index in [0.717, 1.165) is 0 Å². The molecular formula is C12H19NO2. The van der Waals surface area contributed by atoms with Crippen molar-refractivity contribution >= 4 is 0 Å². The molecule has 0 bridgehead atoms. The number of hydrogen-bond acceptors (Lipinski definition) is 3. The molecule has 0 radical (unpaired) electrons. The van der Waals surface area contributed by atoms with E-state index >= 15 is 0 Å². The highest BCUT2D eigenvalue weighted by Crippen LogP contribution is 2.32. The molecule has 1 heterocycles. The summed E-state index contributed by atoms with van der Waals surface area (Å²) in [5.74, 6) is 1.05. The second-order valence-corrected chi connectivity index (χ2v) is 4.43. The monoisotopic (exact) mass is 209 g/mol. The van der Waals surface area contributed by atoms with Crippen LogP contribution in [-0.2, 0) is 5.60 Å². The summed E-state index contributed by atoms with van der Waals surface area (Å²) in [5, 5.41) is 10.3. The van der Waals surface area contributed by atoms with Crippen molar-refractivity contribution in [3.05, 3.63) is 24.0 Å². The van der Waals surface area contributed by atoms with Crippen molar-refractivity contribution in [3.63, 3.8) is 0 Å². The van der Waals surface area contributed by atoms with E-state index in [9.17, 15) is 5.11 Å². The van der Waals surface area contributed by atoms with Crippen LogP contribution in [0.2, 0.25) is 0 Å². The summed E-state index contributed by atoms with van der Waals surface area (Å²) in [6.45, 7) is 5.92. The van der Waals surface area contributed by atoms with Crippen LogP contribution in [0.3, 0.4) is 0 Å². The van der Waals surface area contributed by atoms with Crippen LogP contribution in [-0.4, -0.2) is 17.2 Å². The first kappa shape index (κ1) is 12.0. The summed E-state index contributed by atoms with van der Waals surface area (Å²) in [5.41, 5.74) is -0.318. The number of methoxy groups -OCH3 is 1. The van der Waals surface area contributed by atoms with E-state index in [2.05, 4.69) is 18.8 Å². The Hall–Kier alpha value is -1.09. The van der Waals surface area contributed by atoms with Crippen LogP contribution >= 0.6 is 0 Å². The molecule has 1 rings (SSSR count). The quantitative estimate of drug-likeness (QED) is 0.827. The molecule has 0 fully saturated rings. The average molecular weight is 209 g/mol. The van der Waals surface area contributed by atoms with Gasteiger partial charge in [0, 0.05) is 6.20 Å². The van der Waals surface area contributed by atoms with Crippen LogP contribution in [0.25, 0.3) is 0 Å². The number of aromatic nitrogens is 1. The fourth-order valence-corrected chi connectivity index (χ4v) is 1.85. The van der Waals surface area contributed by atoms with Crippen LogP contribution in [0.5, 0.6) is 5.75 Å². The van der Waals surface area contributed by atoms with Gasteiger partial charge in [0.1, 0.15) is 17.0 Å². The van der Waals surface area contributed by atoms with Gasteiger partial charge in [0.2, 0.25) is 0 Å². The van der Waals surface area contributed by atoms with Gasteiger partial charge in [0.15, 0.2) is 0 Å². The molecule has 0 aliphatic rings. The number of nitrogens with zero attached hydrogens (tertiary/aromatic N) is 1. The van der Waals surface area contributed by atoms with Crippen molar-refractivity contribution in [2.45, 2.75) is 32.8 Å². The predicted octanol–water partition coefficient (Wildman–Crippen LogP) is 2.34. The standard InChI is InChI=1S/C12H19NO2/c1-9(2)8-12(3,14)11-10(15-4)6-5-7-13-11/h5-7,9,14H,8H2,1-4H3. The molecule has 0 aliphatic heterocycles. The Morgan fingerprint density at radius 1 is 1.53 bits per heavy atom. The zero-order valence-corrected chi connectivity index (χ0v) is 9.82. The largest absolute Gasteiger partial charge is 0.495 e. The lowest BCUT2D eigenvalue weighted by molar-refractivity contribution is 0.0281. The minimum Gasteiger partial charge on any atom is -0.495 e. The van der Waals surface area contributed by atoms with Gasteiger partial charge in [-0.1, -0.05) is 13.8 Å². The van der Waals surface area contributed by atoms with Gasteiger partial charge < -0.3 is 9.84 Å². The Bertz CT molecular complexity index is 321. The highest BCUT2D eigenvalue weighted by molar-refractivity contribution is 5.31. The molecule has 84 valence electrons. The van der Waals surface area contributed by atoms with Crippen LogP contribution in [0.1, 0.15) is 32.9 Å². The van der Waals surface area contributed by atoms with Crippen LogP contribution < -0.4 is 4.74 Å². The third kappa shape index (κ3) is 2.93. The Labute approximate surface area is 91.1 Å². The maximum Gasteiger partial charge on any atom is 0.143 e. The summed E-state index contributed by atoms with van der Waals surface area (Å²) in [4.78, 5) is 4.20. The van der Waals surface area contributed by atoms with E-state index < -0.39 is 5.60 Å². The topological polar surface area (TPSA) is 42.4 Å². The van der Waals surface area contributed by atoms with Crippen molar-refractivity contribution in [2.75, 3.05) is 7.11 Å². The SMILES string of the molecule is COc1cccnc1C(C)(O)CC(C)C. The highest BCUT2D eigenvalue weighted by Gasteiger charge is 2.29. The van der Waals surface area contributed by atoms with Gasteiger partial charge in [-0.2, -0.15) is 0 Å². The average Bonchev–Trinajstić information content (AvgIpc) is 2.16. The molecule has 0 saturated carbocycles. The van der Waals surface area contributed by atoms with Crippen molar-refractivity contribution in [1.29, 1.82) is 0 Å². The molecule has 0 amide bonds. The van der Waals surface area contributed by atoms with E-state index in [-0.39, 0.29) is 0 Å². The zero-order valence-electron chi connectivity index (χ0n) is 9.82. The molecule has 0 spiro atoms. The second kappa shape index (κ2) is 4.62. The fourth-order valence-electron chi connectivity index (χ4n) is 1.85. The Balaban J connectivity index is 3.02. The van der Waals surface area contributed by atoms with Crippen LogP contribution in [0, 0.1) is 5.92 Å². The Morgan fingerprint density at radius 2 is 2.20 bits per heavy atom. The van der Waals surface area contributed by atoms with Crippen LogP contribution in [0.15, 0.2) is 18.3 Å². The number of aliphatic hydroxyl groups is 1. The first-order valence-corrected chi connectivity index (χ1v) is 5.19. The Kier molecular flexibility index (Phi) is 3.69. The maximum atomic E-state index is 10.3. The van der Waals surface area contributed by atoms with Crippen molar-refractivity contribution in [3.8, 4) is 5.75 Å². The Morgan fingerprint density at radius 3 is 2.73 bits per heavy atom. The van der Waals surface area contributed by atoms with Gasteiger partial charge in [-0.25, -0.2) is 0 Å². The minimum atomic E-state index is -0.930. The number of rotatable bonds is 4. The second-order valence-electron chi connectivity index (χ2n) is 4.43. The molecule has 0 aliphatic carbocycles. The number of ether oxygens (including phenoxy) is 1. The summed E-state index contributed by atoms with van der Waals surface area (Å²) in [7, 11) is 1.59. The molecule has 1 N–H and O–H groups in total.